The summed E-state index contributed by atoms with van der Waals surface area (Å²) in [4.78, 5) is 5.51. The minimum absolute atomic E-state index is 1.12. The van der Waals surface area contributed by atoms with E-state index >= 15 is 0 Å². The predicted octanol–water partition coefficient (Wildman–Crippen LogP) is 2.66. The maximum absolute atomic E-state index is 4.72. The van der Waals surface area contributed by atoms with Crippen LogP contribution in [0.2, 0.25) is 0 Å². The molecule has 1 rings (SSSR count). The van der Waals surface area contributed by atoms with Crippen LogP contribution in [-0.4, -0.2) is 4.98 Å². The van der Waals surface area contributed by atoms with Gasteiger partial charge in [0.15, 0.2) is 0 Å². The molecular weight excluding hydrogens is 178 g/mol. The third-order valence-corrected chi connectivity index (χ3v) is 2.44. The lowest BCUT2D eigenvalue weighted by Crippen LogP contribution is -1.76. The van der Waals surface area contributed by atoms with E-state index < -0.39 is 0 Å². The summed E-state index contributed by atoms with van der Waals surface area (Å²) in [5.74, 6) is 7.08. The van der Waals surface area contributed by atoms with Gasteiger partial charge in [-0.1, -0.05) is 12.8 Å². The van der Waals surface area contributed by atoms with Crippen molar-refractivity contribution >= 4 is 11.3 Å². The quantitative estimate of drug-likeness (QED) is 0.622. The number of hydrogen-bond donors (Lipinski definition) is 0. The Bertz CT molecular complexity index is 333. The first-order valence-corrected chi connectivity index (χ1v) is 4.90. The molecule has 0 saturated carbocycles. The Kier molecular flexibility index (Phi) is 6.69. The lowest BCUT2D eigenvalue weighted by molar-refractivity contribution is 1.11. The van der Waals surface area contributed by atoms with Crippen molar-refractivity contribution in [2.45, 2.75) is 27.2 Å². The average Bonchev–Trinajstić information content (AvgIpc) is 2.53. The third-order valence-electron chi connectivity index (χ3n) is 1.36. The molecule has 0 aliphatic carbocycles. The molecule has 1 aromatic heterocycles. The second kappa shape index (κ2) is 7.40. The zero-order chi connectivity index (χ0) is 10.1. The van der Waals surface area contributed by atoms with Crippen molar-refractivity contribution in [3.8, 4) is 24.2 Å². The Hall–Kier alpha value is -1.25. The lowest BCUT2D eigenvalue weighted by Gasteiger charge is -1.85. The molecule has 0 spiro atoms. The molecule has 0 fully saturated rings. The van der Waals surface area contributed by atoms with Gasteiger partial charge in [-0.3, -0.25) is 0 Å². The molecular formula is C11H13NS. The van der Waals surface area contributed by atoms with Crippen LogP contribution in [0.3, 0.4) is 0 Å². The van der Waals surface area contributed by atoms with Gasteiger partial charge >= 0.3 is 0 Å². The number of aryl methyl sites for hydroxylation is 2. The van der Waals surface area contributed by atoms with Gasteiger partial charge in [0.1, 0.15) is 0 Å². The second-order valence-corrected chi connectivity index (χ2v) is 3.17. The standard InChI is InChI=1S/C6H9NS.C5H4/c1-3-6-5(2)7-4-8-6;1-3-5-4-2/h4H,3H2,1-2H3;1H,2H3. The summed E-state index contributed by atoms with van der Waals surface area (Å²) >= 11 is 1.74. The summed E-state index contributed by atoms with van der Waals surface area (Å²) in [7, 11) is 0. The minimum atomic E-state index is 1.12. The topological polar surface area (TPSA) is 12.9 Å². The van der Waals surface area contributed by atoms with Crippen molar-refractivity contribution in [1.29, 1.82) is 0 Å². The number of aromatic nitrogens is 1. The molecule has 0 saturated heterocycles. The van der Waals surface area contributed by atoms with Gasteiger partial charge in [-0.25, -0.2) is 4.98 Å². The highest BCUT2D eigenvalue weighted by molar-refractivity contribution is 7.09. The maximum atomic E-state index is 4.72. The molecule has 1 heterocycles. The van der Waals surface area contributed by atoms with Crippen LogP contribution in [0.25, 0.3) is 0 Å². The molecule has 0 amide bonds. The Balaban J connectivity index is 0.000000252. The zero-order valence-electron chi connectivity index (χ0n) is 8.22. The van der Waals surface area contributed by atoms with Crippen LogP contribution >= 0.6 is 11.3 Å². The molecule has 0 atom stereocenters. The normalized spacial score (nSPS) is 7.23. The first kappa shape index (κ1) is 11.8. The van der Waals surface area contributed by atoms with E-state index in [4.69, 9.17) is 6.42 Å². The monoisotopic (exact) mass is 191 g/mol. The molecule has 0 aliphatic heterocycles. The van der Waals surface area contributed by atoms with Gasteiger partial charge in [-0.05, 0) is 32.1 Å². The fourth-order valence-electron chi connectivity index (χ4n) is 0.738. The molecule has 0 aliphatic rings. The van der Waals surface area contributed by atoms with Gasteiger partial charge in [0.05, 0.1) is 11.2 Å². The SMILES string of the molecule is C#CC#CC.CCc1scnc1C. The van der Waals surface area contributed by atoms with Crippen LogP contribution in [0.5, 0.6) is 0 Å². The highest BCUT2D eigenvalue weighted by Crippen LogP contribution is 2.11. The van der Waals surface area contributed by atoms with Gasteiger partial charge in [-0.15, -0.1) is 17.8 Å². The molecule has 0 N–H and O–H groups in total. The Morgan fingerprint density at radius 2 is 2.31 bits per heavy atom. The van der Waals surface area contributed by atoms with Gasteiger partial charge in [-0.2, -0.15) is 0 Å². The molecule has 0 aromatic carbocycles. The second-order valence-electron chi connectivity index (χ2n) is 2.23. The molecule has 13 heavy (non-hydrogen) atoms. The first-order chi connectivity index (χ1) is 6.26. The Morgan fingerprint density at radius 3 is 2.46 bits per heavy atom. The third kappa shape index (κ3) is 5.06. The average molecular weight is 191 g/mol. The zero-order valence-corrected chi connectivity index (χ0v) is 9.03. The van der Waals surface area contributed by atoms with Crippen molar-refractivity contribution < 1.29 is 0 Å². The number of rotatable bonds is 1. The largest absolute Gasteiger partial charge is 0.250 e. The summed E-state index contributed by atoms with van der Waals surface area (Å²) in [5, 5.41) is 0. The van der Waals surface area contributed by atoms with Crippen LogP contribution in [0.1, 0.15) is 24.4 Å². The van der Waals surface area contributed by atoms with Crippen molar-refractivity contribution in [3.05, 3.63) is 16.1 Å². The number of thiazole rings is 1. The number of terminal acetylenes is 1. The van der Waals surface area contributed by atoms with Gasteiger partial charge < -0.3 is 0 Å². The van der Waals surface area contributed by atoms with Gasteiger partial charge in [0.2, 0.25) is 0 Å². The summed E-state index contributed by atoms with van der Waals surface area (Å²) in [6, 6.07) is 0. The predicted molar refractivity (Wildman–Crippen MR) is 58.5 cm³/mol. The van der Waals surface area contributed by atoms with Crippen molar-refractivity contribution in [1.82, 2.24) is 4.98 Å². The van der Waals surface area contributed by atoms with E-state index in [0.717, 1.165) is 6.42 Å². The van der Waals surface area contributed by atoms with Gasteiger partial charge in [0.25, 0.3) is 0 Å². The first-order valence-electron chi connectivity index (χ1n) is 4.02. The van der Waals surface area contributed by atoms with E-state index in [1.807, 2.05) is 5.51 Å². The van der Waals surface area contributed by atoms with Crippen LogP contribution in [0, 0.1) is 31.1 Å². The minimum Gasteiger partial charge on any atom is -0.250 e. The fourth-order valence-corrected chi connectivity index (χ4v) is 1.47. The summed E-state index contributed by atoms with van der Waals surface area (Å²) < 4.78 is 0. The van der Waals surface area contributed by atoms with Gasteiger partial charge in [0, 0.05) is 4.88 Å². The highest BCUT2D eigenvalue weighted by atomic mass is 32.1. The lowest BCUT2D eigenvalue weighted by atomic mass is 10.3. The van der Waals surface area contributed by atoms with Crippen LogP contribution in [-0.2, 0) is 6.42 Å². The molecule has 1 nitrogen and oxygen atoms in total. The molecule has 0 radical (unpaired) electrons. The molecule has 68 valence electrons. The van der Waals surface area contributed by atoms with Crippen molar-refractivity contribution in [2.24, 2.45) is 0 Å². The fraction of sp³-hybridized carbons (Fsp3) is 0.364. The van der Waals surface area contributed by atoms with Crippen molar-refractivity contribution in [3.63, 3.8) is 0 Å². The summed E-state index contributed by atoms with van der Waals surface area (Å²) in [6.45, 7) is 5.91. The molecule has 1 aromatic rings. The Labute approximate surface area is 84.2 Å². The molecule has 2 heteroatoms. The van der Waals surface area contributed by atoms with E-state index in [2.05, 4.69) is 36.6 Å². The van der Waals surface area contributed by atoms with Crippen LogP contribution in [0.4, 0.5) is 0 Å². The van der Waals surface area contributed by atoms with Crippen LogP contribution in [0.15, 0.2) is 5.51 Å². The Morgan fingerprint density at radius 1 is 1.62 bits per heavy atom. The number of hydrogen-bond acceptors (Lipinski definition) is 2. The highest BCUT2D eigenvalue weighted by Gasteiger charge is 1.94. The van der Waals surface area contributed by atoms with E-state index in [0.29, 0.717) is 0 Å². The van der Waals surface area contributed by atoms with E-state index in [-0.39, 0.29) is 0 Å². The van der Waals surface area contributed by atoms with E-state index in [1.54, 1.807) is 18.3 Å². The summed E-state index contributed by atoms with van der Waals surface area (Å²) in [6.07, 6.45) is 5.84. The van der Waals surface area contributed by atoms with Crippen molar-refractivity contribution in [2.75, 3.05) is 0 Å². The van der Waals surface area contributed by atoms with E-state index in [1.165, 1.54) is 10.6 Å². The molecule has 0 bridgehead atoms. The summed E-state index contributed by atoms with van der Waals surface area (Å²) in [5.41, 5.74) is 3.09. The van der Waals surface area contributed by atoms with Crippen LogP contribution < -0.4 is 0 Å². The molecule has 0 unspecified atom stereocenters. The maximum Gasteiger partial charge on any atom is 0.0797 e. The smallest absolute Gasteiger partial charge is 0.0797 e. The number of nitrogens with zero attached hydrogens (tertiary/aromatic N) is 1. The van der Waals surface area contributed by atoms with E-state index in [9.17, 15) is 0 Å².